The van der Waals surface area contributed by atoms with Crippen molar-refractivity contribution in [2.45, 2.75) is 13.3 Å². The predicted octanol–water partition coefficient (Wildman–Crippen LogP) is 2.38. The number of nitrogens with one attached hydrogen (secondary N) is 2. The lowest BCUT2D eigenvalue weighted by atomic mass is 10.2. The van der Waals surface area contributed by atoms with Gasteiger partial charge in [-0.05, 0) is 37.1 Å². The summed E-state index contributed by atoms with van der Waals surface area (Å²) in [6.45, 7) is 1.96. The highest BCUT2D eigenvalue weighted by Crippen LogP contribution is 2.08. The van der Waals surface area contributed by atoms with Crippen LogP contribution >= 0.6 is 0 Å². The van der Waals surface area contributed by atoms with Crippen LogP contribution in [0.4, 0.5) is 0 Å². The molecule has 6 heteroatoms. The van der Waals surface area contributed by atoms with Gasteiger partial charge in [-0.3, -0.25) is 9.59 Å². The van der Waals surface area contributed by atoms with Crippen LogP contribution in [0.2, 0.25) is 0 Å². The molecule has 122 valence electrons. The second kappa shape index (κ2) is 6.95. The lowest BCUT2D eigenvalue weighted by Gasteiger charge is -2.02. The first-order valence-electron chi connectivity index (χ1n) is 7.70. The fraction of sp³-hybridized carbons (Fsp3) is 0.167. The number of para-hydroxylation sites is 1. The highest BCUT2D eigenvalue weighted by molar-refractivity contribution is 5.99. The molecule has 24 heavy (non-hydrogen) atoms. The van der Waals surface area contributed by atoms with E-state index in [0.717, 1.165) is 11.3 Å². The third kappa shape index (κ3) is 3.60. The first kappa shape index (κ1) is 15.7. The lowest BCUT2D eigenvalue weighted by Crippen LogP contribution is -2.25. The Morgan fingerprint density at radius 3 is 2.75 bits per heavy atom. The van der Waals surface area contributed by atoms with Gasteiger partial charge in [0.25, 0.3) is 5.91 Å². The third-order valence-electron chi connectivity index (χ3n) is 3.69. The number of H-pyrrole nitrogens is 1. The largest absolute Gasteiger partial charge is 0.356 e. The Bertz CT molecular complexity index is 849. The zero-order valence-electron chi connectivity index (χ0n) is 13.3. The quantitative estimate of drug-likeness (QED) is 0.684. The number of nitrogens with zero attached hydrogens (tertiary/aromatic N) is 2. The number of hydrogen-bond donors (Lipinski definition) is 2. The Morgan fingerprint density at radius 2 is 2.04 bits per heavy atom. The minimum atomic E-state index is -0.224. The van der Waals surface area contributed by atoms with Crippen molar-refractivity contribution < 1.29 is 9.59 Å². The van der Waals surface area contributed by atoms with Crippen LogP contribution in [0.15, 0.2) is 55.0 Å². The van der Waals surface area contributed by atoms with Gasteiger partial charge in [0.2, 0.25) is 0 Å². The number of aromatic amines is 1. The average molecular weight is 322 g/mol. The molecule has 0 atom stereocenters. The van der Waals surface area contributed by atoms with E-state index < -0.39 is 0 Å². The van der Waals surface area contributed by atoms with Gasteiger partial charge in [0.05, 0.1) is 11.9 Å². The van der Waals surface area contributed by atoms with E-state index in [1.807, 2.05) is 36.5 Å². The molecule has 0 aliphatic carbocycles. The summed E-state index contributed by atoms with van der Waals surface area (Å²) in [5.41, 5.74) is 2.93. The van der Waals surface area contributed by atoms with Crippen molar-refractivity contribution in [3.63, 3.8) is 0 Å². The van der Waals surface area contributed by atoms with Gasteiger partial charge in [0.15, 0.2) is 5.78 Å². The molecule has 1 aromatic carbocycles. The van der Waals surface area contributed by atoms with Crippen LogP contribution in [-0.2, 0) is 6.42 Å². The van der Waals surface area contributed by atoms with Crippen LogP contribution in [-0.4, -0.2) is 33.0 Å². The fourth-order valence-electron chi connectivity index (χ4n) is 2.36. The van der Waals surface area contributed by atoms with E-state index in [-0.39, 0.29) is 11.7 Å². The molecule has 0 bridgehead atoms. The predicted molar refractivity (Wildman–Crippen MR) is 90.4 cm³/mol. The Balaban J connectivity index is 1.54. The number of aromatic nitrogens is 3. The first-order chi connectivity index (χ1) is 11.6. The number of rotatable bonds is 6. The van der Waals surface area contributed by atoms with E-state index in [1.54, 1.807) is 23.1 Å². The number of carbonyl (C=O) groups is 2. The van der Waals surface area contributed by atoms with E-state index >= 15 is 0 Å². The summed E-state index contributed by atoms with van der Waals surface area (Å²) >= 11 is 0. The van der Waals surface area contributed by atoms with Crippen LogP contribution in [0, 0.1) is 0 Å². The van der Waals surface area contributed by atoms with Gasteiger partial charge in [-0.2, -0.15) is 5.10 Å². The number of amides is 1. The average Bonchev–Trinajstić information content (AvgIpc) is 3.25. The summed E-state index contributed by atoms with van der Waals surface area (Å²) in [5.74, 6) is -0.295. The van der Waals surface area contributed by atoms with E-state index in [0.29, 0.717) is 24.2 Å². The standard InChI is InChI=1S/C18H18N4O2/c1-13(23)15-9-17(20-11-15)18(24)19-8-7-14-10-21-22(12-14)16-5-3-2-4-6-16/h2-6,9-12,20H,7-8H2,1H3,(H,19,24). The Labute approximate surface area is 139 Å². The molecule has 2 heterocycles. The van der Waals surface area contributed by atoms with Gasteiger partial charge in [-0.15, -0.1) is 0 Å². The van der Waals surface area contributed by atoms with Crippen molar-refractivity contribution >= 4 is 11.7 Å². The molecule has 0 saturated heterocycles. The van der Waals surface area contributed by atoms with Crippen LogP contribution in [0.25, 0.3) is 5.69 Å². The normalized spacial score (nSPS) is 10.5. The highest BCUT2D eigenvalue weighted by Gasteiger charge is 2.10. The number of hydrogen-bond acceptors (Lipinski definition) is 3. The molecule has 0 fully saturated rings. The molecule has 1 amide bonds. The summed E-state index contributed by atoms with van der Waals surface area (Å²) in [6, 6.07) is 11.4. The summed E-state index contributed by atoms with van der Waals surface area (Å²) in [5, 5.41) is 7.16. The summed E-state index contributed by atoms with van der Waals surface area (Å²) < 4.78 is 1.81. The van der Waals surface area contributed by atoms with Gasteiger partial charge in [-0.1, -0.05) is 18.2 Å². The maximum Gasteiger partial charge on any atom is 0.267 e. The molecule has 2 aromatic heterocycles. The van der Waals surface area contributed by atoms with Gasteiger partial charge in [-0.25, -0.2) is 4.68 Å². The first-order valence-corrected chi connectivity index (χ1v) is 7.70. The number of benzene rings is 1. The maximum atomic E-state index is 12.0. The van der Waals surface area contributed by atoms with Crippen molar-refractivity contribution in [1.82, 2.24) is 20.1 Å². The summed E-state index contributed by atoms with van der Waals surface area (Å²) in [7, 11) is 0. The molecule has 6 nitrogen and oxygen atoms in total. The van der Waals surface area contributed by atoms with Gasteiger partial charge >= 0.3 is 0 Å². The smallest absolute Gasteiger partial charge is 0.267 e. The molecule has 0 spiro atoms. The molecular formula is C18H18N4O2. The summed E-state index contributed by atoms with van der Waals surface area (Å²) in [6.07, 6.45) is 5.96. The molecule has 0 unspecified atom stereocenters. The van der Waals surface area contributed by atoms with E-state index in [1.165, 1.54) is 6.92 Å². The Hall–Kier alpha value is -3.15. The van der Waals surface area contributed by atoms with Crippen molar-refractivity contribution in [2.75, 3.05) is 6.54 Å². The minimum Gasteiger partial charge on any atom is -0.356 e. The van der Waals surface area contributed by atoms with Crippen molar-refractivity contribution in [3.05, 3.63) is 71.8 Å². The topological polar surface area (TPSA) is 79.8 Å². The minimum absolute atomic E-state index is 0.0707. The van der Waals surface area contributed by atoms with Crippen LogP contribution < -0.4 is 5.32 Å². The van der Waals surface area contributed by atoms with Crippen LogP contribution in [0.1, 0.15) is 33.3 Å². The van der Waals surface area contributed by atoms with Gasteiger partial charge in [0.1, 0.15) is 5.69 Å². The second-order valence-corrected chi connectivity index (χ2v) is 5.49. The molecule has 0 saturated carbocycles. The van der Waals surface area contributed by atoms with E-state index in [2.05, 4.69) is 15.4 Å². The molecule has 3 aromatic rings. The number of ketones is 1. The number of carbonyl (C=O) groups excluding carboxylic acids is 2. The Kier molecular flexibility index (Phi) is 4.56. The monoisotopic (exact) mass is 322 g/mol. The SMILES string of the molecule is CC(=O)c1c[nH]c(C(=O)NCCc2cnn(-c3ccccc3)c2)c1. The highest BCUT2D eigenvalue weighted by atomic mass is 16.2. The fourth-order valence-corrected chi connectivity index (χ4v) is 2.36. The molecule has 0 radical (unpaired) electrons. The maximum absolute atomic E-state index is 12.0. The van der Waals surface area contributed by atoms with Gasteiger partial charge in [0, 0.05) is 24.5 Å². The zero-order chi connectivity index (χ0) is 16.9. The second-order valence-electron chi connectivity index (χ2n) is 5.49. The van der Waals surface area contributed by atoms with E-state index in [9.17, 15) is 9.59 Å². The lowest BCUT2D eigenvalue weighted by molar-refractivity contribution is 0.0949. The zero-order valence-corrected chi connectivity index (χ0v) is 13.3. The van der Waals surface area contributed by atoms with Crippen molar-refractivity contribution in [2.24, 2.45) is 0 Å². The van der Waals surface area contributed by atoms with Crippen LogP contribution in [0.3, 0.4) is 0 Å². The molecular weight excluding hydrogens is 304 g/mol. The summed E-state index contributed by atoms with van der Waals surface area (Å²) in [4.78, 5) is 26.1. The molecule has 0 aliphatic heterocycles. The molecule has 0 aliphatic rings. The van der Waals surface area contributed by atoms with Crippen LogP contribution in [0.5, 0.6) is 0 Å². The van der Waals surface area contributed by atoms with Crippen molar-refractivity contribution in [3.8, 4) is 5.69 Å². The third-order valence-corrected chi connectivity index (χ3v) is 3.69. The molecule has 2 N–H and O–H groups in total. The number of Topliss-reactive ketones (excluding diaryl/α,β-unsaturated/α-hetero) is 1. The molecule has 3 rings (SSSR count). The van der Waals surface area contributed by atoms with Crippen molar-refractivity contribution in [1.29, 1.82) is 0 Å². The van der Waals surface area contributed by atoms with Gasteiger partial charge < -0.3 is 10.3 Å². The van der Waals surface area contributed by atoms with E-state index in [4.69, 9.17) is 0 Å². The Morgan fingerprint density at radius 1 is 1.25 bits per heavy atom.